The van der Waals surface area contributed by atoms with Gasteiger partial charge in [0.15, 0.2) is 11.6 Å². The van der Waals surface area contributed by atoms with Crippen LogP contribution in [0.1, 0.15) is 33.3 Å². The van der Waals surface area contributed by atoms with Gasteiger partial charge in [-0.2, -0.15) is 12.6 Å². The largest absolute Gasteiger partial charge is 0.505 e. The third kappa shape index (κ3) is 3.28. The number of benzene rings is 1. The maximum atomic E-state index is 13.4. The minimum atomic E-state index is -0.656. The van der Waals surface area contributed by atoms with E-state index in [0.717, 1.165) is 5.47 Å². The summed E-state index contributed by atoms with van der Waals surface area (Å²) in [7, 11) is -0.510. The number of hydrogen-bond donors (Lipinski definition) is 2. The van der Waals surface area contributed by atoms with E-state index in [0.29, 0.717) is 11.3 Å². The Bertz CT molecular complexity index is 556. The van der Waals surface area contributed by atoms with Gasteiger partial charge in [-0.25, -0.2) is 4.39 Å². The quantitative estimate of drug-likeness (QED) is 0.663. The first-order chi connectivity index (χ1) is 9.66. The Hall–Kier alpha value is -0.975. The molecule has 3 nitrogen and oxygen atoms in total. The van der Waals surface area contributed by atoms with Crippen molar-refractivity contribution in [3.8, 4) is 5.75 Å². The fourth-order valence-corrected chi connectivity index (χ4v) is 2.25. The summed E-state index contributed by atoms with van der Waals surface area (Å²) in [5.74, 6) is -0.592. The molecule has 0 atom stereocenters. The monoisotopic (exact) mass is 310 g/mol. The summed E-state index contributed by atoms with van der Waals surface area (Å²) >= 11 is 4.31. The lowest BCUT2D eigenvalue weighted by Gasteiger charge is -2.32. The first-order valence-electron chi connectivity index (χ1n) is 6.82. The summed E-state index contributed by atoms with van der Waals surface area (Å²) in [6, 6.07) is 4.22. The molecular weight excluding hydrogens is 290 g/mol. The molecule has 0 bridgehead atoms. The molecule has 21 heavy (non-hydrogen) atoms. The Labute approximate surface area is 130 Å². The summed E-state index contributed by atoms with van der Waals surface area (Å²) < 4.78 is 25.3. The van der Waals surface area contributed by atoms with Crippen LogP contribution in [0.5, 0.6) is 5.75 Å². The smallest absolute Gasteiger partial charge is 0.491 e. The Morgan fingerprint density at radius 3 is 2.33 bits per heavy atom. The molecule has 2 rings (SSSR count). The van der Waals surface area contributed by atoms with Gasteiger partial charge in [-0.05, 0) is 50.9 Å². The number of thiol groups is 1. The van der Waals surface area contributed by atoms with Gasteiger partial charge >= 0.3 is 7.12 Å². The fraction of sp³-hybridized carbons (Fsp3) is 0.467. The predicted octanol–water partition coefficient (Wildman–Crippen LogP) is 3.48. The second-order valence-electron chi connectivity index (χ2n) is 6.18. The number of halogens is 1. The van der Waals surface area contributed by atoms with Crippen LogP contribution in [-0.4, -0.2) is 29.2 Å². The van der Waals surface area contributed by atoms with Crippen molar-refractivity contribution >= 4 is 25.8 Å². The first kappa shape index (κ1) is 16.4. The number of hydrogen-bond acceptors (Lipinski definition) is 4. The number of phenols is 1. The van der Waals surface area contributed by atoms with Crippen LogP contribution < -0.4 is 0 Å². The summed E-state index contributed by atoms with van der Waals surface area (Å²) in [5.41, 5.74) is 0.575. The van der Waals surface area contributed by atoms with Crippen LogP contribution >= 0.6 is 12.6 Å². The van der Waals surface area contributed by atoms with Crippen molar-refractivity contribution in [3.63, 3.8) is 0 Å². The van der Waals surface area contributed by atoms with E-state index in [1.54, 1.807) is 12.1 Å². The molecular formula is C15H20BFO3S. The van der Waals surface area contributed by atoms with Crippen molar-refractivity contribution in [2.75, 3.05) is 5.75 Å². The van der Waals surface area contributed by atoms with Crippen LogP contribution in [-0.2, 0) is 9.31 Å². The van der Waals surface area contributed by atoms with Gasteiger partial charge < -0.3 is 14.4 Å². The molecule has 0 aromatic heterocycles. The molecule has 1 aliphatic heterocycles. The van der Waals surface area contributed by atoms with E-state index >= 15 is 0 Å². The second kappa shape index (κ2) is 5.67. The average molecular weight is 310 g/mol. The summed E-state index contributed by atoms with van der Waals surface area (Å²) in [6.45, 7) is 7.90. The van der Waals surface area contributed by atoms with Crippen LogP contribution in [0.3, 0.4) is 0 Å². The van der Waals surface area contributed by atoms with Crippen molar-refractivity contribution in [1.29, 1.82) is 0 Å². The van der Waals surface area contributed by atoms with Crippen LogP contribution in [0.15, 0.2) is 23.7 Å². The van der Waals surface area contributed by atoms with Crippen LogP contribution in [0, 0.1) is 5.82 Å². The second-order valence-corrected chi connectivity index (χ2v) is 6.49. The molecule has 0 radical (unpaired) electrons. The molecule has 1 aromatic rings. The highest BCUT2D eigenvalue weighted by molar-refractivity contribution is 7.80. The van der Waals surface area contributed by atoms with Gasteiger partial charge in [0.1, 0.15) is 0 Å². The molecule has 1 fully saturated rings. The predicted molar refractivity (Wildman–Crippen MR) is 86.0 cm³/mol. The Morgan fingerprint density at radius 1 is 1.29 bits per heavy atom. The van der Waals surface area contributed by atoms with E-state index in [1.165, 1.54) is 12.1 Å². The van der Waals surface area contributed by atoms with Crippen LogP contribution in [0.25, 0.3) is 6.08 Å². The normalized spacial score (nSPS) is 20.9. The lowest BCUT2D eigenvalue weighted by molar-refractivity contribution is 0.00578. The van der Waals surface area contributed by atoms with Gasteiger partial charge in [-0.3, -0.25) is 0 Å². The Kier molecular flexibility index (Phi) is 4.43. The zero-order valence-corrected chi connectivity index (χ0v) is 13.6. The number of aromatic hydroxyl groups is 1. The lowest BCUT2D eigenvalue weighted by atomic mass is 9.78. The van der Waals surface area contributed by atoms with Gasteiger partial charge in [0.05, 0.1) is 11.2 Å². The highest BCUT2D eigenvalue weighted by atomic mass is 32.1. The van der Waals surface area contributed by atoms with Crippen molar-refractivity contribution in [3.05, 3.63) is 35.1 Å². The van der Waals surface area contributed by atoms with E-state index in [9.17, 15) is 9.50 Å². The highest BCUT2D eigenvalue weighted by Gasteiger charge is 2.52. The number of phenolic OH excluding ortho intramolecular Hbond substituents is 1. The van der Waals surface area contributed by atoms with E-state index in [2.05, 4.69) is 12.6 Å². The van der Waals surface area contributed by atoms with E-state index in [4.69, 9.17) is 9.31 Å². The molecule has 114 valence electrons. The molecule has 1 heterocycles. The molecule has 0 amide bonds. The van der Waals surface area contributed by atoms with E-state index < -0.39 is 24.1 Å². The highest BCUT2D eigenvalue weighted by Crippen LogP contribution is 2.39. The van der Waals surface area contributed by atoms with Crippen molar-refractivity contribution in [2.24, 2.45) is 0 Å². The standard InChI is InChI=1S/C15H20BFO3S/c1-14(2)15(3,4)20-16(19-14)11(9-21)7-10-5-6-13(18)12(17)8-10/h5-8,18,21H,9H2,1-4H3. The lowest BCUT2D eigenvalue weighted by Crippen LogP contribution is -2.41. The van der Waals surface area contributed by atoms with Crippen LogP contribution in [0.2, 0.25) is 0 Å². The topological polar surface area (TPSA) is 38.7 Å². The van der Waals surface area contributed by atoms with Gasteiger partial charge in [-0.1, -0.05) is 12.1 Å². The molecule has 1 N–H and O–H groups in total. The SMILES string of the molecule is CC1(C)OB(C(=Cc2ccc(O)c(F)c2)CS)OC1(C)C. The summed E-state index contributed by atoms with van der Waals surface area (Å²) in [5, 5.41) is 9.22. The maximum absolute atomic E-state index is 13.4. The molecule has 0 spiro atoms. The molecule has 0 aliphatic carbocycles. The first-order valence-corrected chi connectivity index (χ1v) is 7.45. The van der Waals surface area contributed by atoms with Crippen molar-refractivity contribution in [1.82, 2.24) is 0 Å². The molecule has 0 saturated carbocycles. The maximum Gasteiger partial charge on any atom is 0.491 e. The van der Waals surface area contributed by atoms with Gasteiger partial charge in [0.2, 0.25) is 0 Å². The van der Waals surface area contributed by atoms with Gasteiger partial charge in [0.25, 0.3) is 0 Å². The zero-order valence-electron chi connectivity index (χ0n) is 12.7. The van der Waals surface area contributed by atoms with Crippen molar-refractivity contribution < 1.29 is 18.8 Å². The average Bonchev–Trinajstić information content (AvgIpc) is 2.59. The molecule has 6 heteroatoms. The Balaban J connectivity index is 2.28. The van der Waals surface area contributed by atoms with Crippen LogP contribution in [0.4, 0.5) is 4.39 Å². The van der Waals surface area contributed by atoms with Gasteiger partial charge in [-0.15, -0.1) is 0 Å². The van der Waals surface area contributed by atoms with E-state index in [1.807, 2.05) is 27.7 Å². The number of rotatable bonds is 3. The van der Waals surface area contributed by atoms with E-state index in [-0.39, 0.29) is 5.75 Å². The molecule has 0 unspecified atom stereocenters. The third-order valence-corrected chi connectivity index (χ3v) is 4.43. The molecule has 1 saturated heterocycles. The minimum Gasteiger partial charge on any atom is -0.505 e. The van der Waals surface area contributed by atoms with Gasteiger partial charge in [0, 0.05) is 5.75 Å². The fourth-order valence-electron chi connectivity index (χ4n) is 2.01. The minimum absolute atomic E-state index is 0.366. The summed E-state index contributed by atoms with van der Waals surface area (Å²) in [6.07, 6.45) is 1.78. The van der Waals surface area contributed by atoms with Crippen molar-refractivity contribution in [2.45, 2.75) is 38.9 Å². The third-order valence-electron chi connectivity index (χ3n) is 4.06. The zero-order chi connectivity index (χ0) is 15.8. The Morgan fingerprint density at radius 2 is 1.86 bits per heavy atom. The molecule has 1 aromatic carbocycles. The summed E-state index contributed by atoms with van der Waals surface area (Å²) in [4.78, 5) is 0. The molecule has 1 aliphatic rings.